The number of rotatable bonds is 13. The molecule has 0 N–H and O–H groups in total. The molecule has 0 aromatic carbocycles. The van der Waals surface area contributed by atoms with Gasteiger partial charge in [-0.15, -0.1) is 0 Å². The zero-order valence-corrected chi connectivity index (χ0v) is 21.0. The highest BCUT2D eigenvalue weighted by molar-refractivity contribution is 5.90. The Bertz CT molecular complexity index is 597. The first-order chi connectivity index (χ1) is 16.1. The largest absolute Gasteiger partial charge is 0.464 e. The van der Waals surface area contributed by atoms with Crippen molar-refractivity contribution in [3.63, 3.8) is 0 Å². The summed E-state index contributed by atoms with van der Waals surface area (Å²) in [6.45, 7) is 6.02. The normalized spacial score (nSPS) is 21.0. The van der Waals surface area contributed by atoms with Gasteiger partial charge in [-0.1, -0.05) is 58.8 Å². The van der Waals surface area contributed by atoms with Crippen LogP contribution in [-0.4, -0.2) is 66.2 Å². The zero-order chi connectivity index (χ0) is 23.9. The van der Waals surface area contributed by atoms with E-state index in [-0.39, 0.29) is 11.9 Å². The Morgan fingerprint density at radius 3 is 1.94 bits per heavy atom. The molecule has 0 aliphatic carbocycles. The van der Waals surface area contributed by atoms with Crippen LogP contribution in [0.25, 0.3) is 0 Å². The fraction of sp³-hybridized carbons (Fsp3) is 0.885. The number of carbonyl (C=O) groups excluding carboxylic acids is 3. The average Bonchev–Trinajstić information content (AvgIpc) is 2.85. The van der Waals surface area contributed by atoms with Crippen molar-refractivity contribution in [1.29, 1.82) is 0 Å². The second-order valence-electron chi connectivity index (χ2n) is 9.50. The van der Waals surface area contributed by atoms with Gasteiger partial charge in [-0.25, -0.2) is 9.59 Å². The van der Waals surface area contributed by atoms with Crippen molar-refractivity contribution >= 4 is 18.0 Å². The molecule has 0 aromatic rings. The smallest absolute Gasteiger partial charge is 0.410 e. The molecule has 2 atom stereocenters. The number of hydrogen-bond donors (Lipinski definition) is 0. The molecule has 0 radical (unpaired) electrons. The number of unbranched alkanes of at least 4 members (excludes halogenated alkanes) is 7. The predicted octanol–water partition coefficient (Wildman–Crippen LogP) is 5.45. The molecule has 2 saturated heterocycles. The SMILES string of the molecule is CCCCCCCCCCOC(=O)C1CCCCN1C(=O)C1CCCCN1C(=O)OCCC. The lowest BCUT2D eigenvalue weighted by Crippen LogP contribution is -2.58. The fourth-order valence-electron chi connectivity index (χ4n) is 4.82. The minimum absolute atomic E-state index is 0.128. The molecule has 0 spiro atoms. The van der Waals surface area contributed by atoms with Gasteiger partial charge in [0.05, 0.1) is 13.2 Å². The molecule has 2 heterocycles. The quantitative estimate of drug-likeness (QED) is 0.266. The van der Waals surface area contributed by atoms with Gasteiger partial charge in [-0.3, -0.25) is 9.69 Å². The third-order valence-corrected chi connectivity index (χ3v) is 6.75. The fourth-order valence-corrected chi connectivity index (χ4v) is 4.82. The third kappa shape index (κ3) is 9.17. The first-order valence-corrected chi connectivity index (χ1v) is 13.5. The topological polar surface area (TPSA) is 76.2 Å². The first-order valence-electron chi connectivity index (χ1n) is 13.5. The van der Waals surface area contributed by atoms with Gasteiger partial charge in [0.1, 0.15) is 12.1 Å². The van der Waals surface area contributed by atoms with E-state index in [0.717, 1.165) is 44.9 Å². The lowest BCUT2D eigenvalue weighted by atomic mass is 9.97. The van der Waals surface area contributed by atoms with Gasteiger partial charge >= 0.3 is 12.1 Å². The van der Waals surface area contributed by atoms with E-state index in [0.29, 0.717) is 39.1 Å². The van der Waals surface area contributed by atoms with E-state index in [1.54, 1.807) is 9.80 Å². The van der Waals surface area contributed by atoms with Gasteiger partial charge in [-0.05, 0) is 51.4 Å². The average molecular weight is 467 g/mol. The van der Waals surface area contributed by atoms with Crippen LogP contribution >= 0.6 is 0 Å². The Hall–Kier alpha value is -1.79. The molecule has 7 nitrogen and oxygen atoms in total. The molecule has 2 aliphatic rings. The lowest BCUT2D eigenvalue weighted by Gasteiger charge is -2.40. The summed E-state index contributed by atoms with van der Waals surface area (Å²) in [6, 6.07) is -1.07. The minimum Gasteiger partial charge on any atom is -0.464 e. The number of ether oxygens (including phenoxy) is 2. The van der Waals surface area contributed by atoms with Crippen LogP contribution in [-0.2, 0) is 19.1 Å². The zero-order valence-electron chi connectivity index (χ0n) is 21.0. The maximum atomic E-state index is 13.4. The van der Waals surface area contributed by atoms with Gasteiger partial charge in [0.25, 0.3) is 0 Å². The van der Waals surface area contributed by atoms with Crippen molar-refractivity contribution in [2.75, 3.05) is 26.3 Å². The number of esters is 1. The van der Waals surface area contributed by atoms with E-state index in [4.69, 9.17) is 9.47 Å². The molecule has 190 valence electrons. The van der Waals surface area contributed by atoms with Crippen molar-refractivity contribution in [2.45, 2.75) is 122 Å². The summed E-state index contributed by atoms with van der Waals surface area (Å²) in [4.78, 5) is 42.0. The second kappa shape index (κ2) is 15.9. The van der Waals surface area contributed by atoms with Crippen LogP contribution in [0, 0.1) is 0 Å². The minimum atomic E-state index is -0.538. The maximum absolute atomic E-state index is 13.4. The van der Waals surface area contributed by atoms with Crippen LogP contribution in [0.2, 0.25) is 0 Å². The molecule has 2 fully saturated rings. The summed E-state index contributed by atoms with van der Waals surface area (Å²) < 4.78 is 10.9. The number of piperidine rings is 2. The summed E-state index contributed by atoms with van der Waals surface area (Å²) in [6.07, 6.45) is 14.7. The molecule has 0 aromatic heterocycles. The Balaban J connectivity index is 1.83. The summed E-state index contributed by atoms with van der Waals surface area (Å²) in [5.41, 5.74) is 0. The Morgan fingerprint density at radius 1 is 0.667 bits per heavy atom. The molecule has 0 bridgehead atoms. The lowest BCUT2D eigenvalue weighted by molar-refractivity contribution is -0.159. The van der Waals surface area contributed by atoms with Gasteiger partial charge < -0.3 is 14.4 Å². The van der Waals surface area contributed by atoms with Crippen LogP contribution in [0.3, 0.4) is 0 Å². The van der Waals surface area contributed by atoms with E-state index in [9.17, 15) is 14.4 Å². The molecule has 2 rings (SSSR count). The molecule has 2 aliphatic heterocycles. The highest BCUT2D eigenvalue weighted by atomic mass is 16.6. The highest BCUT2D eigenvalue weighted by Gasteiger charge is 2.41. The molecule has 7 heteroatoms. The number of nitrogens with zero attached hydrogens (tertiary/aromatic N) is 2. The highest BCUT2D eigenvalue weighted by Crippen LogP contribution is 2.25. The Labute approximate surface area is 200 Å². The van der Waals surface area contributed by atoms with Crippen molar-refractivity contribution in [3.05, 3.63) is 0 Å². The number of carbonyl (C=O) groups is 3. The van der Waals surface area contributed by atoms with Crippen LogP contribution in [0.1, 0.15) is 110 Å². The van der Waals surface area contributed by atoms with E-state index >= 15 is 0 Å². The standard InChI is InChI=1S/C26H46N2O5/c1-3-5-6-7-8-9-10-15-21-32-25(30)23-17-12-13-18-27(23)24(29)22-16-11-14-19-28(22)26(31)33-20-4-2/h22-23H,3-21H2,1-2H3. The maximum Gasteiger partial charge on any atom is 0.410 e. The van der Waals surface area contributed by atoms with Crippen LogP contribution in [0.15, 0.2) is 0 Å². The number of amides is 2. The molecule has 0 saturated carbocycles. The molecule has 2 amide bonds. The molecule has 33 heavy (non-hydrogen) atoms. The molecular formula is C26H46N2O5. The van der Waals surface area contributed by atoms with E-state index in [1.807, 2.05) is 6.92 Å². The van der Waals surface area contributed by atoms with Crippen LogP contribution < -0.4 is 0 Å². The van der Waals surface area contributed by atoms with Crippen molar-refractivity contribution in [2.24, 2.45) is 0 Å². The van der Waals surface area contributed by atoms with Gasteiger partial charge in [-0.2, -0.15) is 0 Å². The van der Waals surface area contributed by atoms with Gasteiger partial charge in [0.15, 0.2) is 0 Å². The van der Waals surface area contributed by atoms with E-state index in [2.05, 4.69) is 6.92 Å². The summed E-state index contributed by atoms with van der Waals surface area (Å²) in [7, 11) is 0. The Morgan fingerprint density at radius 2 is 1.27 bits per heavy atom. The third-order valence-electron chi connectivity index (χ3n) is 6.75. The van der Waals surface area contributed by atoms with Crippen molar-refractivity contribution < 1.29 is 23.9 Å². The van der Waals surface area contributed by atoms with E-state index in [1.165, 1.54) is 38.5 Å². The van der Waals surface area contributed by atoms with Crippen molar-refractivity contribution in [1.82, 2.24) is 9.80 Å². The van der Waals surface area contributed by atoms with Gasteiger partial charge in [0, 0.05) is 13.1 Å². The van der Waals surface area contributed by atoms with Crippen LogP contribution in [0.5, 0.6) is 0 Å². The molecule has 2 unspecified atom stereocenters. The summed E-state index contributed by atoms with van der Waals surface area (Å²) in [5.74, 6) is -0.418. The monoisotopic (exact) mass is 466 g/mol. The summed E-state index contributed by atoms with van der Waals surface area (Å²) >= 11 is 0. The van der Waals surface area contributed by atoms with E-state index < -0.39 is 18.2 Å². The van der Waals surface area contributed by atoms with Gasteiger partial charge in [0.2, 0.25) is 5.91 Å². The van der Waals surface area contributed by atoms with Crippen molar-refractivity contribution in [3.8, 4) is 0 Å². The summed E-state index contributed by atoms with van der Waals surface area (Å²) in [5, 5.41) is 0. The number of likely N-dealkylation sites (tertiary alicyclic amines) is 2. The molecular weight excluding hydrogens is 420 g/mol. The predicted molar refractivity (Wildman–Crippen MR) is 129 cm³/mol. The first kappa shape index (κ1) is 27.5. The number of hydrogen-bond acceptors (Lipinski definition) is 5. The second-order valence-corrected chi connectivity index (χ2v) is 9.50. The van der Waals surface area contributed by atoms with Crippen LogP contribution in [0.4, 0.5) is 4.79 Å². The Kier molecular flexibility index (Phi) is 13.3.